The van der Waals surface area contributed by atoms with Crippen molar-refractivity contribution in [2.75, 3.05) is 26.7 Å². The lowest BCUT2D eigenvalue weighted by atomic mass is 10.4. The molecule has 7 nitrogen and oxygen atoms in total. The molecule has 1 heterocycles. The van der Waals surface area contributed by atoms with Gasteiger partial charge in [-0.05, 0) is 18.9 Å². The average molecular weight is 276 g/mol. The van der Waals surface area contributed by atoms with E-state index in [4.69, 9.17) is 5.11 Å². The molecule has 0 saturated carbocycles. The van der Waals surface area contributed by atoms with Crippen LogP contribution in [0.4, 0.5) is 0 Å². The molecule has 1 aromatic heterocycles. The van der Waals surface area contributed by atoms with Gasteiger partial charge in [0.2, 0.25) is 0 Å². The first-order valence-corrected chi connectivity index (χ1v) is 7.29. The van der Waals surface area contributed by atoms with Crippen LogP contribution in [0.2, 0.25) is 0 Å². The number of aryl methyl sites for hydroxylation is 1. The second-order valence-electron chi connectivity index (χ2n) is 3.92. The normalized spacial score (nSPS) is 12.2. The van der Waals surface area contributed by atoms with Gasteiger partial charge in [0.1, 0.15) is 0 Å². The summed E-state index contributed by atoms with van der Waals surface area (Å²) in [6.07, 6.45) is 4.63. The molecule has 0 bridgehead atoms. The third kappa shape index (κ3) is 5.13. The van der Waals surface area contributed by atoms with Crippen molar-refractivity contribution in [2.45, 2.75) is 19.4 Å². The number of hydrogen-bond acceptors (Lipinski definition) is 4. The van der Waals surface area contributed by atoms with Gasteiger partial charge in [0.15, 0.2) is 0 Å². The largest absolute Gasteiger partial charge is 0.396 e. The van der Waals surface area contributed by atoms with E-state index in [0.29, 0.717) is 32.5 Å². The van der Waals surface area contributed by atoms with Gasteiger partial charge in [-0.1, -0.05) is 0 Å². The summed E-state index contributed by atoms with van der Waals surface area (Å²) in [6.45, 7) is 1.34. The minimum atomic E-state index is -3.43. The maximum Gasteiger partial charge on any atom is 0.279 e. The van der Waals surface area contributed by atoms with Crippen LogP contribution in [0, 0.1) is 0 Å². The van der Waals surface area contributed by atoms with Gasteiger partial charge in [0, 0.05) is 45.7 Å². The molecule has 0 aliphatic heterocycles. The maximum absolute atomic E-state index is 11.7. The molecule has 0 atom stereocenters. The summed E-state index contributed by atoms with van der Waals surface area (Å²) in [5.41, 5.74) is 0. The molecular formula is C10H20N4O3S. The zero-order valence-corrected chi connectivity index (χ0v) is 11.3. The van der Waals surface area contributed by atoms with Crippen molar-refractivity contribution in [3.8, 4) is 0 Å². The predicted octanol–water partition coefficient (Wildman–Crippen LogP) is -0.578. The number of nitrogens with one attached hydrogen (secondary N) is 1. The van der Waals surface area contributed by atoms with Crippen molar-refractivity contribution >= 4 is 10.2 Å². The van der Waals surface area contributed by atoms with Crippen LogP contribution in [0.25, 0.3) is 0 Å². The molecule has 8 heteroatoms. The Kier molecular flexibility index (Phi) is 6.27. The third-order valence-corrected chi connectivity index (χ3v) is 4.02. The van der Waals surface area contributed by atoms with Crippen molar-refractivity contribution in [3.05, 3.63) is 18.5 Å². The topological polar surface area (TPSA) is 87.5 Å². The van der Waals surface area contributed by atoms with E-state index in [2.05, 4.69) is 9.82 Å². The third-order valence-electron chi connectivity index (χ3n) is 2.45. The quantitative estimate of drug-likeness (QED) is 0.591. The number of aromatic nitrogens is 2. The molecule has 0 radical (unpaired) electrons. The van der Waals surface area contributed by atoms with Crippen LogP contribution in [0.5, 0.6) is 0 Å². The Morgan fingerprint density at radius 1 is 1.44 bits per heavy atom. The van der Waals surface area contributed by atoms with E-state index < -0.39 is 10.2 Å². The molecule has 18 heavy (non-hydrogen) atoms. The van der Waals surface area contributed by atoms with E-state index in [1.807, 2.05) is 12.3 Å². The van der Waals surface area contributed by atoms with E-state index in [-0.39, 0.29) is 6.61 Å². The first-order chi connectivity index (χ1) is 8.56. The summed E-state index contributed by atoms with van der Waals surface area (Å²) in [6, 6.07) is 1.83. The highest BCUT2D eigenvalue weighted by atomic mass is 32.2. The Morgan fingerprint density at radius 2 is 2.22 bits per heavy atom. The monoisotopic (exact) mass is 276 g/mol. The van der Waals surface area contributed by atoms with Crippen molar-refractivity contribution in [2.24, 2.45) is 0 Å². The Balaban J connectivity index is 2.24. The first-order valence-electron chi connectivity index (χ1n) is 5.85. The van der Waals surface area contributed by atoms with Crippen LogP contribution in [0.15, 0.2) is 18.5 Å². The summed E-state index contributed by atoms with van der Waals surface area (Å²) in [7, 11) is -1.94. The van der Waals surface area contributed by atoms with Crippen molar-refractivity contribution in [1.82, 2.24) is 18.8 Å². The summed E-state index contributed by atoms with van der Waals surface area (Å²) < 4.78 is 28.9. The molecule has 0 aliphatic rings. The average Bonchev–Trinajstić information content (AvgIpc) is 2.84. The summed E-state index contributed by atoms with van der Waals surface area (Å²) >= 11 is 0. The van der Waals surface area contributed by atoms with E-state index in [1.54, 1.807) is 10.9 Å². The number of nitrogens with zero attached hydrogens (tertiary/aromatic N) is 3. The van der Waals surface area contributed by atoms with Crippen LogP contribution < -0.4 is 4.72 Å². The van der Waals surface area contributed by atoms with Gasteiger partial charge in [0.05, 0.1) is 0 Å². The molecule has 0 unspecified atom stereocenters. The smallest absolute Gasteiger partial charge is 0.279 e. The molecular weight excluding hydrogens is 256 g/mol. The molecule has 1 rings (SSSR count). The molecule has 0 aliphatic carbocycles. The Morgan fingerprint density at radius 3 is 2.83 bits per heavy atom. The van der Waals surface area contributed by atoms with Gasteiger partial charge in [-0.15, -0.1) is 0 Å². The fraction of sp³-hybridized carbons (Fsp3) is 0.700. The molecule has 0 saturated heterocycles. The van der Waals surface area contributed by atoms with Crippen LogP contribution in [0.1, 0.15) is 12.8 Å². The lowest BCUT2D eigenvalue weighted by Gasteiger charge is -2.17. The summed E-state index contributed by atoms with van der Waals surface area (Å²) in [5, 5.41) is 12.7. The van der Waals surface area contributed by atoms with E-state index in [9.17, 15) is 8.42 Å². The van der Waals surface area contributed by atoms with Crippen molar-refractivity contribution in [1.29, 1.82) is 0 Å². The number of aliphatic hydroxyl groups is 1. The van der Waals surface area contributed by atoms with Crippen LogP contribution in [0.3, 0.4) is 0 Å². The van der Waals surface area contributed by atoms with Gasteiger partial charge in [-0.25, -0.2) is 4.72 Å². The SMILES string of the molecule is CN(CCCO)S(=O)(=O)NCCCn1cccn1. The molecule has 104 valence electrons. The van der Waals surface area contributed by atoms with Gasteiger partial charge in [-0.3, -0.25) is 4.68 Å². The number of rotatable bonds is 9. The van der Waals surface area contributed by atoms with Crippen molar-refractivity contribution < 1.29 is 13.5 Å². The Labute approximate surface area is 108 Å². The minimum Gasteiger partial charge on any atom is -0.396 e. The molecule has 0 fully saturated rings. The minimum absolute atomic E-state index is 0.0147. The maximum atomic E-state index is 11.7. The first kappa shape index (κ1) is 15.1. The highest BCUT2D eigenvalue weighted by molar-refractivity contribution is 7.87. The van der Waals surface area contributed by atoms with E-state index in [1.165, 1.54) is 11.4 Å². The van der Waals surface area contributed by atoms with E-state index in [0.717, 1.165) is 0 Å². The molecule has 1 aromatic rings. The van der Waals surface area contributed by atoms with E-state index >= 15 is 0 Å². The summed E-state index contributed by atoms with van der Waals surface area (Å²) in [5.74, 6) is 0. The number of aliphatic hydroxyl groups excluding tert-OH is 1. The second-order valence-corrected chi connectivity index (χ2v) is 5.78. The van der Waals surface area contributed by atoms with Gasteiger partial charge < -0.3 is 5.11 Å². The van der Waals surface area contributed by atoms with Crippen molar-refractivity contribution in [3.63, 3.8) is 0 Å². The zero-order chi connectivity index (χ0) is 13.4. The zero-order valence-electron chi connectivity index (χ0n) is 10.5. The predicted molar refractivity (Wildman–Crippen MR) is 68.1 cm³/mol. The van der Waals surface area contributed by atoms with Crippen LogP contribution in [-0.4, -0.2) is 54.4 Å². The molecule has 0 spiro atoms. The fourth-order valence-electron chi connectivity index (χ4n) is 1.40. The Hall–Kier alpha value is -0.960. The summed E-state index contributed by atoms with van der Waals surface area (Å²) in [4.78, 5) is 0. The van der Waals surface area contributed by atoms with Gasteiger partial charge in [0.25, 0.3) is 10.2 Å². The van der Waals surface area contributed by atoms with Gasteiger partial charge in [-0.2, -0.15) is 17.8 Å². The van der Waals surface area contributed by atoms with Gasteiger partial charge >= 0.3 is 0 Å². The lowest BCUT2D eigenvalue weighted by Crippen LogP contribution is -2.39. The lowest BCUT2D eigenvalue weighted by molar-refractivity contribution is 0.275. The van der Waals surface area contributed by atoms with Crippen LogP contribution >= 0.6 is 0 Å². The second kappa shape index (κ2) is 7.47. The molecule has 0 aromatic carbocycles. The molecule has 2 N–H and O–H groups in total. The van der Waals surface area contributed by atoms with Crippen LogP contribution in [-0.2, 0) is 16.8 Å². The Bertz CT molecular complexity index is 418. The molecule has 0 amide bonds. The fourth-order valence-corrected chi connectivity index (χ4v) is 2.39. The number of hydrogen-bond donors (Lipinski definition) is 2. The highest BCUT2D eigenvalue weighted by Crippen LogP contribution is 1.96. The highest BCUT2D eigenvalue weighted by Gasteiger charge is 2.15. The standard InChI is InChI=1S/C10H20N4O3S/c1-13(7-4-10-15)18(16,17)12-6-3-9-14-8-2-5-11-14/h2,5,8,12,15H,3-4,6-7,9-10H2,1H3.